The first kappa shape index (κ1) is 18.4. The van der Waals surface area contributed by atoms with Gasteiger partial charge in [0, 0.05) is 24.4 Å². The van der Waals surface area contributed by atoms with Crippen molar-refractivity contribution in [2.75, 3.05) is 6.54 Å². The summed E-state index contributed by atoms with van der Waals surface area (Å²) in [6.45, 7) is 2.36. The summed E-state index contributed by atoms with van der Waals surface area (Å²) in [5.74, 6) is 0.241. The summed E-state index contributed by atoms with van der Waals surface area (Å²) >= 11 is 0. The molecule has 1 heterocycles. The summed E-state index contributed by atoms with van der Waals surface area (Å²) in [6, 6.07) is 16.6. The number of nitrogens with zero attached hydrogens (tertiary/aromatic N) is 1. The van der Waals surface area contributed by atoms with Gasteiger partial charge in [-0.2, -0.15) is 4.31 Å². The van der Waals surface area contributed by atoms with Gasteiger partial charge in [0.05, 0.1) is 4.90 Å². The molecule has 0 bridgehead atoms. The predicted molar refractivity (Wildman–Crippen MR) is 105 cm³/mol. The number of rotatable bonds is 4. The molecule has 0 unspecified atom stereocenters. The molecule has 2 atom stereocenters. The zero-order chi connectivity index (χ0) is 19.1. The number of sulfonamides is 1. The highest BCUT2D eigenvalue weighted by molar-refractivity contribution is 7.89. The van der Waals surface area contributed by atoms with Crippen molar-refractivity contribution in [3.05, 3.63) is 65.7 Å². The van der Waals surface area contributed by atoms with Crippen molar-refractivity contribution in [2.45, 2.75) is 50.0 Å². The lowest BCUT2D eigenvalue weighted by atomic mass is 9.76. The number of carbonyl (C=O) groups excluding carboxylic acids is 1. The van der Waals surface area contributed by atoms with Crippen LogP contribution in [-0.4, -0.2) is 31.1 Å². The van der Waals surface area contributed by atoms with Crippen LogP contribution in [0.4, 0.5) is 0 Å². The van der Waals surface area contributed by atoms with Gasteiger partial charge < -0.3 is 0 Å². The van der Waals surface area contributed by atoms with Gasteiger partial charge in [0.1, 0.15) is 5.78 Å². The largest absolute Gasteiger partial charge is 0.299 e. The lowest BCUT2D eigenvalue weighted by Gasteiger charge is -2.33. The standard InChI is InChI=1S/C22H25NO3S/c1-17-9-11-19(12-10-17)27(25,26)23-15-14-22(13-5-8-21(22)24)20(23)16-18-6-3-2-4-7-18/h2-4,6-7,9-12,20H,5,8,13-16H2,1H3/t20-,22-/m1/s1. The molecule has 27 heavy (non-hydrogen) atoms. The van der Waals surface area contributed by atoms with Crippen molar-refractivity contribution >= 4 is 15.8 Å². The number of hydrogen-bond donors (Lipinski definition) is 0. The van der Waals surface area contributed by atoms with E-state index in [1.807, 2.05) is 49.4 Å². The first-order chi connectivity index (χ1) is 12.9. The molecule has 0 amide bonds. The number of benzene rings is 2. The molecule has 2 aliphatic rings. The van der Waals surface area contributed by atoms with E-state index >= 15 is 0 Å². The average Bonchev–Trinajstić information content (AvgIpc) is 3.21. The fraction of sp³-hybridized carbons (Fsp3) is 0.409. The number of carbonyl (C=O) groups is 1. The molecule has 1 saturated heterocycles. The van der Waals surface area contributed by atoms with E-state index in [2.05, 4.69) is 0 Å². The summed E-state index contributed by atoms with van der Waals surface area (Å²) in [6.07, 6.45) is 3.45. The molecule has 0 aromatic heterocycles. The summed E-state index contributed by atoms with van der Waals surface area (Å²) in [5.41, 5.74) is 1.58. The second-order valence-corrected chi connectivity index (χ2v) is 9.71. The minimum atomic E-state index is -3.63. The first-order valence-corrected chi connectivity index (χ1v) is 11.0. The number of Topliss-reactive ketones (excluding diaryl/α,β-unsaturated/α-hetero) is 1. The zero-order valence-corrected chi connectivity index (χ0v) is 16.4. The maximum absolute atomic E-state index is 13.4. The van der Waals surface area contributed by atoms with Crippen molar-refractivity contribution in [1.29, 1.82) is 0 Å². The van der Waals surface area contributed by atoms with E-state index < -0.39 is 15.4 Å². The maximum Gasteiger partial charge on any atom is 0.243 e. The van der Waals surface area contributed by atoms with Crippen molar-refractivity contribution in [1.82, 2.24) is 4.31 Å². The van der Waals surface area contributed by atoms with E-state index in [1.165, 1.54) is 0 Å². The quantitative estimate of drug-likeness (QED) is 0.808. The first-order valence-electron chi connectivity index (χ1n) is 9.59. The Balaban J connectivity index is 1.74. The lowest BCUT2D eigenvalue weighted by Crippen LogP contribution is -2.46. The van der Waals surface area contributed by atoms with Crippen molar-refractivity contribution < 1.29 is 13.2 Å². The van der Waals surface area contributed by atoms with Gasteiger partial charge in [-0.15, -0.1) is 0 Å². The third-order valence-corrected chi connectivity index (χ3v) is 8.17. The highest BCUT2D eigenvalue weighted by Crippen LogP contribution is 2.50. The van der Waals surface area contributed by atoms with Crippen LogP contribution in [0, 0.1) is 12.3 Å². The molecule has 1 aliphatic heterocycles. The monoisotopic (exact) mass is 383 g/mol. The fourth-order valence-electron chi connectivity index (χ4n) is 4.75. The molecule has 1 saturated carbocycles. The second kappa shape index (κ2) is 6.88. The molecule has 0 N–H and O–H groups in total. The Morgan fingerprint density at radius 3 is 2.37 bits per heavy atom. The molecule has 142 valence electrons. The van der Waals surface area contributed by atoms with Crippen LogP contribution in [0.1, 0.15) is 36.8 Å². The fourth-order valence-corrected chi connectivity index (χ4v) is 6.44. The van der Waals surface area contributed by atoms with Crippen molar-refractivity contribution in [2.24, 2.45) is 5.41 Å². The third kappa shape index (κ3) is 3.13. The molecular formula is C22H25NO3S. The molecule has 4 rings (SSSR count). The third-order valence-electron chi connectivity index (χ3n) is 6.25. The molecule has 1 spiro atoms. The normalized spacial score (nSPS) is 26.1. The van der Waals surface area contributed by atoms with E-state index in [4.69, 9.17) is 0 Å². The van der Waals surface area contributed by atoms with E-state index in [-0.39, 0.29) is 11.8 Å². The Hall–Kier alpha value is -1.98. The van der Waals surface area contributed by atoms with Gasteiger partial charge in [0.25, 0.3) is 0 Å². The maximum atomic E-state index is 13.4. The van der Waals surface area contributed by atoms with E-state index in [0.717, 1.165) is 24.0 Å². The second-order valence-electron chi connectivity index (χ2n) is 7.82. The highest BCUT2D eigenvalue weighted by atomic mass is 32.2. The SMILES string of the molecule is Cc1ccc(S(=O)(=O)N2CC[C@]3(CCCC3=O)[C@H]2Cc2ccccc2)cc1. The highest BCUT2D eigenvalue weighted by Gasteiger charge is 2.56. The predicted octanol–water partition coefficient (Wildman–Crippen LogP) is 3.74. The molecule has 1 aliphatic carbocycles. The van der Waals surface area contributed by atoms with Crippen LogP contribution in [0.25, 0.3) is 0 Å². The van der Waals surface area contributed by atoms with Crippen LogP contribution in [0.2, 0.25) is 0 Å². The van der Waals surface area contributed by atoms with Crippen molar-refractivity contribution in [3.63, 3.8) is 0 Å². The molecule has 2 fully saturated rings. The van der Waals surface area contributed by atoms with Crippen LogP contribution in [0.15, 0.2) is 59.5 Å². The van der Waals surface area contributed by atoms with Gasteiger partial charge in [-0.25, -0.2) is 8.42 Å². The smallest absolute Gasteiger partial charge is 0.243 e. The van der Waals surface area contributed by atoms with Gasteiger partial charge in [-0.1, -0.05) is 48.0 Å². The van der Waals surface area contributed by atoms with E-state index in [9.17, 15) is 13.2 Å². The van der Waals surface area contributed by atoms with Gasteiger partial charge in [-0.3, -0.25) is 4.79 Å². The Morgan fingerprint density at radius 2 is 1.74 bits per heavy atom. The minimum Gasteiger partial charge on any atom is -0.299 e. The van der Waals surface area contributed by atoms with Crippen molar-refractivity contribution in [3.8, 4) is 0 Å². The number of ketones is 1. The van der Waals surface area contributed by atoms with E-state index in [0.29, 0.717) is 30.7 Å². The Kier molecular flexibility index (Phi) is 4.68. The van der Waals surface area contributed by atoms with Gasteiger partial charge in [0.15, 0.2) is 0 Å². The van der Waals surface area contributed by atoms with Crippen LogP contribution < -0.4 is 0 Å². The van der Waals surface area contributed by atoms with Crippen LogP contribution in [0.3, 0.4) is 0 Å². The molecule has 0 radical (unpaired) electrons. The summed E-state index contributed by atoms with van der Waals surface area (Å²) in [4.78, 5) is 13.1. The molecule has 2 aromatic carbocycles. The van der Waals surface area contributed by atoms with Gasteiger partial charge in [-0.05, 0) is 50.3 Å². The molecule has 4 nitrogen and oxygen atoms in total. The average molecular weight is 384 g/mol. The topological polar surface area (TPSA) is 54.5 Å². The van der Waals surface area contributed by atoms with Crippen LogP contribution >= 0.6 is 0 Å². The lowest BCUT2D eigenvalue weighted by molar-refractivity contribution is -0.126. The molecular weight excluding hydrogens is 358 g/mol. The number of aryl methyl sites for hydroxylation is 1. The zero-order valence-electron chi connectivity index (χ0n) is 15.6. The summed E-state index contributed by atoms with van der Waals surface area (Å²) in [5, 5.41) is 0. The number of hydrogen-bond acceptors (Lipinski definition) is 3. The summed E-state index contributed by atoms with van der Waals surface area (Å²) < 4.78 is 28.4. The van der Waals surface area contributed by atoms with Crippen LogP contribution in [-0.2, 0) is 21.2 Å². The van der Waals surface area contributed by atoms with E-state index in [1.54, 1.807) is 16.4 Å². The van der Waals surface area contributed by atoms with Gasteiger partial charge >= 0.3 is 0 Å². The Bertz CT molecular complexity index is 937. The Labute approximate surface area is 161 Å². The van der Waals surface area contributed by atoms with Crippen LogP contribution in [0.5, 0.6) is 0 Å². The minimum absolute atomic E-state index is 0.241. The molecule has 2 aromatic rings. The summed E-state index contributed by atoms with van der Waals surface area (Å²) in [7, 11) is -3.63. The Morgan fingerprint density at radius 1 is 1.04 bits per heavy atom. The molecule has 5 heteroatoms. The van der Waals surface area contributed by atoms with Gasteiger partial charge in [0.2, 0.25) is 10.0 Å².